The van der Waals surface area contributed by atoms with Crippen LogP contribution in [0.3, 0.4) is 0 Å². The lowest BCUT2D eigenvalue weighted by molar-refractivity contribution is 0.102. The second-order valence-corrected chi connectivity index (χ2v) is 8.62. The zero-order valence-electron chi connectivity index (χ0n) is 19.5. The average molecular weight is 493 g/mol. The van der Waals surface area contributed by atoms with Crippen LogP contribution in [0.4, 0.5) is 5.69 Å². The van der Waals surface area contributed by atoms with E-state index >= 15 is 0 Å². The van der Waals surface area contributed by atoms with Crippen molar-refractivity contribution >= 4 is 34.4 Å². The molecule has 1 amide bonds. The summed E-state index contributed by atoms with van der Waals surface area (Å²) in [4.78, 5) is 18.5. The number of nitrogens with zero attached hydrogens (tertiary/aromatic N) is 3. The van der Waals surface area contributed by atoms with E-state index < -0.39 is 0 Å². The number of rotatable bonds is 7. The fourth-order valence-corrected chi connectivity index (χ4v) is 4.44. The summed E-state index contributed by atoms with van der Waals surface area (Å²) in [7, 11) is 3.23. The minimum atomic E-state index is -0.268. The Hall–Kier alpha value is -3.92. The Bertz CT molecular complexity index is 1400. The topological polar surface area (TPSA) is 96.7 Å². The zero-order valence-corrected chi connectivity index (χ0v) is 20.3. The van der Waals surface area contributed by atoms with E-state index in [4.69, 9.17) is 18.9 Å². The summed E-state index contributed by atoms with van der Waals surface area (Å²) < 4.78 is 23.8. The van der Waals surface area contributed by atoms with Crippen molar-refractivity contribution in [1.82, 2.24) is 14.8 Å². The van der Waals surface area contributed by atoms with Crippen LogP contribution in [0.5, 0.6) is 23.0 Å². The third kappa shape index (κ3) is 4.57. The SMILES string of the molecule is COc1ccc(Cn2ncc3cc(C(=O)Nc4cc5c(cc4SC)OCCO5)cnc32)c(OC)c1. The van der Waals surface area contributed by atoms with Gasteiger partial charge in [-0.25, -0.2) is 9.67 Å². The van der Waals surface area contributed by atoms with Gasteiger partial charge >= 0.3 is 0 Å². The summed E-state index contributed by atoms with van der Waals surface area (Å²) in [5, 5.41) is 8.21. The number of carbonyl (C=O) groups is 1. The number of methoxy groups -OCH3 is 2. The van der Waals surface area contributed by atoms with Gasteiger partial charge in [0.2, 0.25) is 0 Å². The maximum absolute atomic E-state index is 13.0. The minimum Gasteiger partial charge on any atom is -0.497 e. The van der Waals surface area contributed by atoms with Crippen LogP contribution in [0.25, 0.3) is 11.0 Å². The van der Waals surface area contributed by atoms with Crippen molar-refractivity contribution in [2.45, 2.75) is 11.4 Å². The molecule has 2 aromatic carbocycles. The highest BCUT2D eigenvalue weighted by atomic mass is 32.2. The summed E-state index contributed by atoms with van der Waals surface area (Å²) >= 11 is 1.52. The Morgan fingerprint density at radius 1 is 1.09 bits per heavy atom. The average Bonchev–Trinajstić information content (AvgIpc) is 3.30. The summed E-state index contributed by atoms with van der Waals surface area (Å²) in [6.07, 6.45) is 5.20. The zero-order chi connectivity index (χ0) is 24.4. The van der Waals surface area contributed by atoms with Gasteiger partial charge in [0.1, 0.15) is 24.7 Å². The van der Waals surface area contributed by atoms with E-state index in [0.717, 1.165) is 15.8 Å². The number of amides is 1. The molecule has 0 unspecified atom stereocenters. The fraction of sp³-hybridized carbons (Fsp3) is 0.240. The first-order valence-electron chi connectivity index (χ1n) is 10.9. The molecule has 0 saturated carbocycles. The Labute approximate surface area is 206 Å². The number of hydrogen-bond acceptors (Lipinski definition) is 8. The van der Waals surface area contributed by atoms with E-state index in [1.165, 1.54) is 11.8 Å². The van der Waals surface area contributed by atoms with E-state index in [0.29, 0.717) is 59.7 Å². The number of hydrogen-bond donors (Lipinski definition) is 1. The maximum atomic E-state index is 13.0. The number of aromatic nitrogens is 3. The summed E-state index contributed by atoms with van der Waals surface area (Å²) in [5.74, 6) is 2.45. The van der Waals surface area contributed by atoms with E-state index in [9.17, 15) is 4.79 Å². The van der Waals surface area contributed by atoms with Crippen molar-refractivity contribution < 1.29 is 23.7 Å². The third-order valence-electron chi connectivity index (χ3n) is 5.66. The molecule has 1 aliphatic rings. The molecule has 4 aromatic rings. The number of pyridine rings is 1. The van der Waals surface area contributed by atoms with Crippen molar-refractivity contribution in [1.29, 1.82) is 0 Å². The first-order chi connectivity index (χ1) is 17.1. The van der Waals surface area contributed by atoms with E-state index in [-0.39, 0.29) is 5.91 Å². The van der Waals surface area contributed by atoms with Gasteiger partial charge in [0.05, 0.1) is 38.2 Å². The molecule has 9 nitrogen and oxygen atoms in total. The predicted molar refractivity (Wildman–Crippen MR) is 133 cm³/mol. The molecular weight excluding hydrogens is 468 g/mol. The molecule has 0 radical (unpaired) electrons. The van der Waals surface area contributed by atoms with Crippen molar-refractivity contribution in [2.24, 2.45) is 0 Å². The van der Waals surface area contributed by atoms with Gasteiger partial charge in [-0.05, 0) is 30.5 Å². The Morgan fingerprint density at radius 3 is 2.63 bits per heavy atom. The van der Waals surface area contributed by atoms with E-state index in [1.807, 2.05) is 30.5 Å². The van der Waals surface area contributed by atoms with Crippen molar-refractivity contribution in [2.75, 3.05) is 39.0 Å². The van der Waals surface area contributed by atoms with Gasteiger partial charge in [0.25, 0.3) is 5.91 Å². The van der Waals surface area contributed by atoms with Gasteiger partial charge in [0, 0.05) is 34.2 Å². The number of fused-ring (bicyclic) bond motifs is 2. The predicted octanol–water partition coefficient (Wildman–Crippen LogP) is 4.24. The highest BCUT2D eigenvalue weighted by molar-refractivity contribution is 7.98. The van der Waals surface area contributed by atoms with Gasteiger partial charge < -0.3 is 24.3 Å². The van der Waals surface area contributed by atoms with Gasteiger partial charge in [-0.1, -0.05) is 0 Å². The maximum Gasteiger partial charge on any atom is 0.257 e. The number of ether oxygens (including phenoxy) is 4. The quantitative estimate of drug-likeness (QED) is 0.383. The van der Waals surface area contributed by atoms with Crippen molar-refractivity contribution in [3.05, 3.63) is 59.9 Å². The molecule has 0 spiro atoms. The third-order valence-corrected chi connectivity index (χ3v) is 6.44. The monoisotopic (exact) mass is 492 g/mol. The van der Waals surface area contributed by atoms with E-state index in [1.54, 1.807) is 43.4 Å². The molecule has 3 heterocycles. The molecule has 0 bridgehead atoms. The van der Waals surface area contributed by atoms with Crippen LogP contribution in [0.1, 0.15) is 15.9 Å². The van der Waals surface area contributed by atoms with Crippen LogP contribution in [-0.2, 0) is 6.54 Å². The fourth-order valence-electron chi connectivity index (χ4n) is 3.89. The number of benzene rings is 2. The number of thioether (sulfide) groups is 1. The lowest BCUT2D eigenvalue weighted by atomic mass is 10.2. The summed E-state index contributed by atoms with van der Waals surface area (Å²) in [6.45, 7) is 1.45. The molecule has 2 aromatic heterocycles. The summed E-state index contributed by atoms with van der Waals surface area (Å²) in [5.41, 5.74) is 2.70. The highest BCUT2D eigenvalue weighted by Gasteiger charge is 2.18. The smallest absolute Gasteiger partial charge is 0.257 e. The first kappa shape index (κ1) is 22.9. The molecule has 0 atom stereocenters. The largest absolute Gasteiger partial charge is 0.497 e. The van der Waals surface area contributed by atoms with Crippen LogP contribution < -0.4 is 24.3 Å². The van der Waals surface area contributed by atoms with E-state index in [2.05, 4.69) is 15.4 Å². The van der Waals surface area contributed by atoms with Crippen LogP contribution in [-0.4, -0.2) is 54.4 Å². The number of anilines is 1. The van der Waals surface area contributed by atoms with Crippen LogP contribution >= 0.6 is 11.8 Å². The van der Waals surface area contributed by atoms with Crippen LogP contribution in [0.15, 0.2) is 53.7 Å². The molecule has 0 aliphatic carbocycles. The lowest BCUT2D eigenvalue weighted by Crippen LogP contribution is -2.17. The molecule has 1 N–H and O–H groups in total. The minimum absolute atomic E-state index is 0.268. The van der Waals surface area contributed by atoms with Gasteiger partial charge in [0.15, 0.2) is 17.1 Å². The van der Waals surface area contributed by atoms with Crippen molar-refractivity contribution in [3.8, 4) is 23.0 Å². The summed E-state index contributed by atoms with van der Waals surface area (Å²) in [6, 6.07) is 11.1. The molecule has 10 heteroatoms. The van der Waals surface area contributed by atoms with Gasteiger partial charge in [-0.2, -0.15) is 5.10 Å². The molecule has 35 heavy (non-hydrogen) atoms. The highest BCUT2D eigenvalue weighted by Crippen LogP contribution is 2.39. The lowest BCUT2D eigenvalue weighted by Gasteiger charge is -2.21. The Kier molecular flexibility index (Phi) is 6.37. The standard InChI is InChI=1S/C25H24N4O5S/c1-31-18-5-4-15(20(9-18)32-2)14-29-24-16(13-27-29)8-17(12-26-24)25(30)28-19-10-21-22(11-23(19)35-3)34-7-6-33-21/h4-5,8-13H,6-7,14H2,1-3H3,(H,28,30). The molecule has 0 fully saturated rings. The Balaban J connectivity index is 1.38. The first-order valence-corrected chi connectivity index (χ1v) is 12.1. The van der Waals surface area contributed by atoms with Gasteiger partial charge in [-0.15, -0.1) is 11.8 Å². The van der Waals surface area contributed by atoms with Crippen LogP contribution in [0, 0.1) is 0 Å². The number of nitrogens with one attached hydrogen (secondary N) is 1. The van der Waals surface area contributed by atoms with Crippen LogP contribution in [0.2, 0.25) is 0 Å². The normalized spacial score (nSPS) is 12.4. The molecular formula is C25H24N4O5S. The van der Waals surface area contributed by atoms with Gasteiger partial charge in [-0.3, -0.25) is 4.79 Å². The second-order valence-electron chi connectivity index (χ2n) is 7.77. The molecule has 1 aliphatic heterocycles. The molecule has 180 valence electrons. The molecule has 0 saturated heterocycles. The number of carbonyl (C=O) groups excluding carboxylic acids is 1. The second kappa shape index (κ2) is 9.75. The Morgan fingerprint density at radius 2 is 1.89 bits per heavy atom. The van der Waals surface area contributed by atoms with Crippen molar-refractivity contribution in [3.63, 3.8) is 0 Å². The molecule has 5 rings (SSSR count).